The standard InChI is InChI=1S/C14H20ClN3O2/c1-5-18(9-12(19)17-14(2,3)4)13(20)11-8-10(15)6-7-16-11/h6-8H,5,9H2,1-4H3,(H,17,19). The van der Waals surface area contributed by atoms with Crippen LogP contribution in [0.1, 0.15) is 38.2 Å². The van der Waals surface area contributed by atoms with Crippen molar-refractivity contribution in [3.63, 3.8) is 0 Å². The third-order valence-electron chi connectivity index (χ3n) is 2.46. The number of nitrogens with one attached hydrogen (secondary N) is 1. The van der Waals surface area contributed by atoms with Gasteiger partial charge in [-0.2, -0.15) is 0 Å². The zero-order valence-electron chi connectivity index (χ0n) is 12.2. The zero-order chi connectivity index (χ0) is 15.3. The summed E-state index contributed by atoms with van der Waals surface area (Å²) >= 11 is 5.84. The van der Waals surface area contributed by atoms with Gasteiger partial charge in [0, 0.05) is 23.3 Å². The second-order valence-electron chi connectivity index (χ2n) is 5.48. The number of likely N-dealkylation sites (N-methyl/N-ethyl adjacent to an activating group) is 1. The average Bonchev–Trinajstić information content (AvgIpc) is 2.33. The van der Waals surface area contributed by atoms with Crippen molar-refractivity contribution in [2.75, 3.05) is 13.1 Å². The number of pyridine rings is 1. The zero-order valence-corrected chi connectivity index (χ0v) is 13.0. The van der Waals surface area contributed by atoms with Crippen molar-refractivity contribution in [1.29, 1.82) is 0 Å². The smallest absolute Gasteiger partial charge is 0.272 e. The average molecular weight is 298 g/mol. The highest BCUT2D eigenvalue weighted by Gasteiger charge is 2.21. The Hall–Kier alpha value is -1.62. The maximum atomic E-state index is 12.3. The molecule has 1 rings (SSSR count). The summed E-state index contributed by atoms with van der Waals surface area (Å²) in [6.45, 7) is 7.91. The highest BCUT2D eigenvalue weighted by molar-refractivity contribution is 6.30. The molecule has 1 N–H and O–H groups in total. The molecule has 0 aliphatic rings. The summed E-state index contributed by atoms with van der Waals surface area (Å²) in [5.41, 5.74) is -0.0867. The molecule has 1 aromatic heterocycles. The summed E-state index contributed by atoms with van der Waals surface area (Å²) < 4.78 is 0. The van der Waals surface area contributed by atoms with Gasteiger partial charge in [0.1, 0.15) is 5.69 Å². The van der Waals surface area contributed by atoms with Crippen LogP contribution in [-0.2, 0) is 4.79 Å². The predicted octanol–water partition coefficient (Wildman–Crippen LogP) is 2.11. The first-order chi connectivity index (χ1) is 9.23. The lowest BCUT2D eigenvalue weighted by molar-refractivity contribution is -0.123. The van der Waals surface area contributed by atoms with Crippen LogP contribution in [0.2, 0.25) is 5.02 Å². The summed E-state index contributed by atoms with van der Waals surface area (Å²) in [7, 11) is 0. The number of halogens is 1. The fraction of sp³-hybridized carbons (Fsp3) is 0.500. The monoisotopic (exact) mass is 297 g/mol. The molecule has 2 amide bonds. The van der Waals surface area contributed by atoms with Crippen molar-refractivity contribution in [1.82, 2.24) is 15.2 Å². The Balaban J connectivity index is 2.76. The molecule has 1 heterocycles. The van der Waals surface area contributed by atoms with Gasteiger partial charge in [-0.25, -0.2) is 0 Å². The molecular weight excluding hydrogens is 278 g/mol. The molecule has 1 aromatic rings. The Morgan fingerprint density at radius 2 is 2.05 bits per heavy atom. The molecule has 0 atom stereocenters. The van der Waals surface area contributed by atoms with Crippen LogP contribution in [0, 0.1) is 0 Å². The summed E-state index contributed by atoms with van der Waals surface area (Å²) in [5, 5.41) is 3.27. The number of rotatable bonds is 4. The number of hydrogen-bond donors (Lipinski definition) is 1. The fourth-order valence-electron chi connectivity index (χ4n) is 1.64. The van der Waals surface area contributed by atoms with Crippen LogP contribution in [0.3, 0.4) is 0 Å². The number of amides is 2. The maximum absolute atomic E-state index is 12.3. The summed E-state index contributed by atoms with van der Waals surface area (Å²) in [6, 6.07) is 3.09. The van der Waals surface area contributed by atoms with E-state index in [1.165, 1.54) is 17.2 Å². The summed E-state index contributed by atoms with van der Waals surface area (Å²) in [6.07, 6.45) is 1.47. The van der Waals surface area contributed by atoms with Gasteiger partial charge in [0.05, 0.1) is 6.54 Å². The molecule has 0 saturated heterocycles. The van der Waals surface area contributed by atoms with Gasteiger partial charge < -0.3 is 10.2 Å². The van der Waals surface area contributed by atoms with Crippen molar-refractivity contribution >= 4 is 23.4 Å². The van der Waals surface area contributed by atoms with E-state index in [4.69, 9.17) is 11.6 Å². The Kier molecular flexibility index (Phi) is 5.51. The van der Waals surface area contributed by atoms with Gasteiger partial charge in [-0.05, 0) is 39.8 Å². The lowest BCUT2D eigenvalue weighted by Gasteiger charge is -2.24. The molecule has 0 aliphatic carbocycles. The van der Waals surface area contributed by atoms with Crippen LogP contribution in [0.15, 0.2) is 18.3 Å². The molecule has 110 valence electrons. The number of aromatic nitrogens is 1. The molecule has 0 saturated carbocycles. The van der Waals surface area contributed by atoms with E-state index in [1.54, 1.807) is 6.07 Å². The van der Waals surface area contributed by atoms with Crippen molar-refractivity contribution in [2.24, 2.45) is 0 Å². The first-order valence-corrected chi connectivity index (χ1v) is 6.82. The number of hydrogen-bond acceptors (Lipinski definition) is 3. The quantitative estimate of drug-likeness (QED) is 0.926. The van der Waals surface area contributed by atoms with Gasteiger partial charge in [-0.15, -0.1) is 0 Å². The SMILES string of the molecule is CCN(CC(=O)NC(C)(C)C)C(=O)c1cc(Cl)ccn1. The van der Waals surface area contributed by atoms with Crippen molar-refractivity contribution in [2.45, 2.75) is 33.2 Å². The van der Waals surface area contributed by atoms with Gasteiger partial charge in [0.15, 0.2) is 0 Å². The number of nitrogens with zero attached hydrogens (tertiary/aromatic N) is 2. The third kappa shape index (κ3) is 5.17. The van der Waals surface area contributed by atoms with E-state index >= 15 is 0 Å². The Labute approximate surface area is 124 Å². The van der Waals surface area contributed by atoms with E-state index in [9.17, 15) is 9.59 Å². The van der Waals surface area contributed by atoms with Gasteiger partial charge in [-0.3, -0.25) is 14.6 Å². The van der Waals surface area contributed by atoms with Crippen molar-refractivity contribution in [3.05, 3.63) is 29.0 Å². The first-order valence-electron chi connectivity index (χ1n) is 6.45. The minimum Gasteiger partial charge on any atom is -0.350 e. The van der Waals surface area contributed by atoms with Crippen molar-refractivity contribution in [3.8, 4) is 0 Å². The Bertz CT molecular complexity index is 497. The Morgan fingerprint density at radius 3 is 2.55 bits per heavy atom. The van der Waals surface area contributed by atoms with Crippen LogP contribution in [-0.4, -0.2) is 40.3 Å². The molecule has 0 spiro atoms. The molecule has 5 nitrogen and oxygen atoms in total. The molecule has 0 aliphatic heterocycles. The lowest BCUT2D eigenvalue weighted by atomic mass is 10.1. The molecular formula is C14H20ClN3O2. The van der Waals surface area contributed by atoms with Crippen LogP contribution in [0.4, 0.5) is 0 Å². The van der Waals surface area contributed by atoms with Crippen LogP contribution in [0.25, 0.3) is 0 Å². The highest BCUT2D eigenvalue weighted by Crippen LogP contribution is 2.10. The second-order valence-corrected chi connectivity index (χ2v) is 5.91. The second kappa shape index (κ2) is 6.70. The molecule has 6 heteroatoms. The molecule has 0 aromatic carbocycles. The van der Waals surface area contributed by atoms with E-state index in [0.717, 1.165) is 0 Å². The van der Waals surface area contributed by atoms with E-state index in [0.29, 0.717) is 11.6 Å². The molecule has 0 fully saturated rings. The Morgan fingerprint density at radius 1 is 1.40 bits per heavy atom. The van der Waals surface area contributed by atoms with Crippen LogP contribution < -0.4 is 5.32 Å². The van der Waals surface area contributed by atoms with Gasteiger partial charge >= 0.3 is 0 Å². The van der Waals surface area contributed by atoms with E-state index in [1.807, 2.05) is 27.7 Å². The van der Waals surface area contributed by atoms with E-state index in [2.05, 4.69) is 10.3 Å². The van der Waals surface area contributed by atoms with Crippen LogP contribution >= 0.6 is 11.6 Å². The molecule has 20 heavy (non-hydrogen) atoms. The topological polar surface area (TPSA) is 62.3 Å². The molecule has 0 radical (unpaired) electrons. The predicted molar refractivity (Wildman–Crippen MR) is 78.7 cm³/mol. The molecule has 0 bridgehead atoms. The van der Waals surface area contributed by atoms with Crippen molar-refractivity contribution < 1.29 is 9.59 Å². The highest BCUT2D eigenvalue weighted by atomic mass is 35.5. The van der Waals surface area contributed by atoms with Gasteiger partial charge in [0.25, 0.3) is 5.91 Å². The largest absolute Gasteiger partial charge is 0.350 e. The normalized spacial score (nSPS) is 11.1. The number of carbonyl (C=O) groups is 2. The third-order valence-corrected chi connectivity index (χ3v) is 2.69. The minimum atomic E-state index is -0.326. The minimum absolute atomic E-state index is 0.000790. The van der Waals surface area contributed by atoms with E-state index in [-0.39, 0.29) is 29.6 Å². The van der Waals surface area contributed by atoms with Gasteiger partial charge in [0.2, 0.25) is 5.91 Å². The van der Waals surface area contributed by atoms with Gasteiger partial charge in [-0.1, -0.05) is 11.6 Å². The summed E-state index contributed by atoms with van der Waals surface area (Å²) in [4.78, 5) is 29.5. The maximum Gasteiger partial charge on any atom is 0.272 e. The number of carbonyl (C=O) groups excluding carboxylic acids is 2. The first kappa shape index (κ1) is 16.4. The fourth-order valence-corrected chi connectivity index (χ4v) is 1.80. The summed E-state index contributed by atoms with van der Waals surface area (Å²) in [5.74, 6) is -0.506. The molecule has 0 unspecified atom stereocenters. The van der Waals surface area contributed by atoms with Crippen LogP contribution in [0.5, 0.6) is 0 Å². The van der Waals surface area contributed by atoms with E-state index < -0.39 is 0 Å². The lowest BCUT2D eigenvalue weighted by Crippen LogP contribution is -2.47.